The fraction of sp³-hybridized carbons (Fsp3) is 0.818. The number of hydrogen-bond acceptors (Lipinski definition) is 1. The van der Waals surface area contributed by atoms with Crippen molar-refractivity contribution in [2.75, 3.05) is 5.75 Å². The van der Waals surface area contributed by atoms with E-state index in [0.717, 1.165) is 20.9 Å². The molecule has 0 spiro atoms. The summed E-state index contributed by atoms with van der Waals surface area (Å²) in [4.78, 5) is 0. The van der Waals surface area contributed by atoms with Crippen LogP contribution >= 0.6 is 11.8 Å². The fourth-order valence-corrected chi connectivity index (χ4v) is 4.67. The van der Waals surface area contributed by atoms with Gasteiger partial charge in [0.25, 0.3) is 0 Å². The summed E-state index contributed by atoms with van der Waals surface area (Å²) in [5, 5.41) is 0. The molecule has 0 aromatic carbocycles. The molecule has 13 heavy (non-hydrogen) atoms. The Hall–Kier alpha value is 0.609. The zero-order chi connectivity index (χ0) is 9.52. The van der Waals surface area contributed by atoms with Crippen LogP contribution in [0.4, 0.5) is 0 Å². The first-order valence-corrected chi connectivity index (χ1v) is 8.81. The van der Waals surface area contributed by atoms with Crippen LogP contribution in [0.25, 0.3) is 0 Å². The number of allylic oxidation sites excluding steroid dienone is 1. The maximum absolute atomic E-state index is 2.58. The second-order valence-electron chi connectivity index (χ2n) is 3.52. The van der Waals surface area contributed by atoms with Crippen LogP contribution in [0, 0.1) is 5.92 Å². The van der Waals surface area contributed by atoms with Crippen LogP contribution in [-0.2, 0) is 0 Å². The number of thioether (sulfide) groups is 1. The van der Waals surface area contributed by atoms with E-state index in [1.807, 2.05) is 0 Å². The van der Waals surface area contributed by atoms with Crippen molar-refractivity contribution in [1.82, 2.24) is 0 Å². The zero-order valence-electron chi connectivity index (χ0n) is 8.71. The van der Waals surface area contributed by atoms with Gasteiger partial charge >= 0.3 is 93.1 Å². The standard InChI is InChI=1S/C11H20SSe/c1-3-12-11(13-2)9-10-7-5-4-6-8-10/h9-10H,3-8H2,1-2H3/b11-9-. The van der Waals surface area contributed by atoms with E-state index in [9.17, 15) is 0 Å². The van der Waals surface area contributed by atoms with Crippen LogP contribution in [-0.4, -0.2) is 20.7 Å². The third-order valence-electron chi connectivity index (χ3n) is 2.51. The van der Waals surface area contributed by atoms with Crippen LogP contribution in [0.1, 0.15) is 39.0 Å². The molecule has 76 valence electrons. The summed E-state index contributed by atoms with van der Waals surface area (Å²) < 4.78 is 1.68. The van der Waals surface area contributed by atoms with Crippen LogP contribution in [0.3, 0.4) is 0 Å². The summed E-state index contributed by atoms with van der Waals surface area (Å²) in [5.41, 5.74) is 0. The summed E-state index contributed by atoms with van der Waals surface area (Å²) in [6.45, 7) is 2.26. The summed E-state index contributed by atoms with van der Waals surface area (Å²) in [6.07, 6.45) is 9.86. The molecule has 0 aromatic heterocycles. The molecule has 0 nitrogen and oxygen atoms in total. The molecule has 1 rings (SSSR count). The molecule has 0 aliphatic heterocycles. The fourth-order valence-electron chi connectivity index (χ4n) is 1.81. The minimum absolute atomic E-state index is 0.720. The third kappa shape index (κ3) is 4.58. The summed E-state index contributed by atoms with van der Waals surface area (Å²) in [5.74, 6) is 4.50. The van der Waals surface area contributed by atoms with Gasteiger partial charge in [-0.3, -0.25) is 0 Å². The molecule has 1 fully saturated rings. The number of rotatable bonds is 4. The normalized spacial score (nSPS) is 20.6. The van der Waals surface area contributed by atoms with Crippen LogP contribution in [0.2, 0.25) is 5.82 Å². The van der Waals surface area contributed by atoms with Crippen molar-refractivity contribution in [2.24, 2.45) is 5.92 Å². The molecule has 0 N–H and O–H groups in total. The molecular formula is C11H20SSe. The zero-order valence-corrected chi connectivity index (χ0v) is 11.2. The Bertz CT molecular complexity index is 159. The van der Waals surface area contributed by atoms with Gasteiger partial charge in [-0.2, -0.15) is 0 Å². The van der Waals surface area contributed by atoms with Crippen LogP contribution in [0.5, 0.6) is 0 Å². The SMILES string of the molecule is CCS/C(=C/C1CCCCC1)[Se]C. The van der Waals surface area contributed by atoms with Crippen LogP contribution < -0.4 is 0 Å². The molecule has 0 saturated heterocycles. The van der Waals surface area contributed by atoms with Gasteiger partial charge < -0.3 is 0 Å². The monoisotopic (exact) mass is 264 g/mol. The molecule has 1 aliphatic carbocycles. The van der Waals surface area contributed by atoms with E-state index in [4.69, 9.17) is 0 Å². The van der Waals surface area contributed by atoms with Gasteiger partial charge in [-0.05, 0) is 0 Å². The predicted molar refractivity (Wildman–Crippen MR) is 64.4 cm³/mol. The van der Waals surface area contributed by atoms with Gasteiger partial charge in [-0.25, -0.2) is 0 Å². The second-order valence-corrected chi connectivity index (χ2v) is 7.19. The first-order chi connectivity index (χ1) is 6.36. The van der Waals surface area contributed by atoms with Crippen molar-refractivity contribution in [3.63, 3.8) is 0 Å². The first kappa shape index (κ1) is 11.7. The van der Waals surface area contributed by atoms with E-state index in [2.05, 4.69) is 30.6 Å². The van der Waals surface area contributed by atoms with E-state index in [-0.39, 0.29) is 0 Å². The average molecular weight is 263 g/mol. The molecule has 0 radical (unpaired) electrons. The maximum atomic E-state index is 2.58. The molecule has 0 bridgehead atoms. The number of hydrogen-bond donors (Lipinski definition) is 0. The van der Waals surface area contributed by atoms with Gasteiger partial charge in [0.1, 0.15) is 0 Å². The van der Waals surface area contributed by atoms with Gasteiger partial charge in [0.15, 0.2) is 0 Å². The summed E-state index contributed by atoms with van der Waals surface area (Å²) >= 11 is 2.78. The molecule has 1 aliphatic rings. The Morgan fingerprint density at radius 1 is 1.38 bits per heavy atom. The van der Waals surface area contributed by atoms with E-state index in [1.165, 1.54) is 37.9 Å². The molecule has 2 heteroatoms. The Labute approximate surface area is 93.1 Å². The molecule has 0 aromatic rings. The molecule has 0 unspecified atom stereocenters. The molecular weight excluding hydrogens is 243 g/mol. The Morgan fingerprint density at radius 3 is 2.62 bits per heavy atom. The quantitative estimate of drug-likeness (QED) is 0.693. The summed E-state index contributed by atoms with van der Waals surface area (Å²) in [7, 11) is 0. The first-order valence-electron chi connectivity index (χ1n) is 5.25. The van der Waals surface area contributed by atoms with E-state index in [0.29, 0.717) is 0 Å². The Kier molecular flexibility index (Phi) is 6.27. The Balaban J connectivity index is 2.39. The Morgan fingerprint density at radius 2 is 2.08 bits per heavy atom. The van der Waals surface area contributed by atoms with Gasteiger partial charge in [0.05, 0.1) is 0 Å². The van der Waals surface area contributed by atoms with E-state index < -0.39 is 0 Å². The van der Waals surface area contributed by atoms with Gasteiger partial charge in [0.2, 0.25) is 0 Å². The third-order valence-corrected chi connectivity index (χ3v) is 5.96. The average Bonchev–Trinajstić information content (AvgIpc) is 2.19. The topological polar surface area (TPSA) is 0 Å². The van der Waals surface area contributed by atoms with Crippen molar-refractivity contribution in [3.05, 3.63) is 9.88 Å². The van der Waals surface area contributed by atoms with Crippen molar-refractivity contribution >= 4 is 26.7 Å². The van der Waals surface area contributed by atoms with Crippen LogP contribution in [0.15, 0.2) is 9.88 Å². The molecule has 0 atom stereocenters. The van der Waals surface area contributed by atoms with E-state index >= 15 is 0 Å². The van der Waals surface area contributed by atoms with Gasteiger partial charge in [0, 0.05) is 0 Å². The van der Waals surface area contributed by atoms with E-state index in [1.54, 1.807) is 3.80 Å². The van der Waals surface area contributed by atoms with Crippen molar-refractivity contribution in [3.8, 4) is 0 Å². The van der Waals surface area contributed by atoms with Gasteiger partial charge in [-0.15, -0.1) is 0 Å². The van der Waals surface area contributed by atoms with Crippen molar-refractivity contribution < 1.29 is 0 Å². The predicted octanol–water partition coefficient (Wildman–Crippen LogP) is 3.91. The van der Waals surface area contributed by atoms with Crippen molar-refractivity contribution in [1.29, 1.82) is 0 Å². The van der Waals surface area contributed by atoms with Gasteiger partial charge in [-0.1, -0.05) is 0 Å². The second kappa shape index (κ2) is 6.98. The summed E-state index contributed by atoms with van der Waals surface area (Å²) in [6, 6.07) is 0. The van der Waals surface area contributed by atoms with Crippen molar-refractivity contribution in [2.45, 2.75) is 44.9 Å². The molecule has 0 amide bonds. The molecule has 1 saturated carbocycles. The molecule has 0 heterocycles. The minimum atomic E-state index is 0.720.